The first-order valence-electron chi connectivity index (χ1n) is 5.92. The van der Waals surface area contributed by atoms with Gasteiger partial charge in [0.25, 0.3) is 5.89 Å². The van der Waals surface area contributed by atoms with Crippen LogP contribution in [0.1, 0.15) is 19.2 Å². The van der Waals surface area contributed by atoms with Gasteiger partial charge in [-0.2, -0.15) is 0 Å². The van der Waals surface area contributed by atoms with E-state index >= 15 is 0 Å². The SMILES string of the molecule is C[C@H]1OCC[C@H]1SCc1nnc(-c2cccs2)o1. The molecule has 2 aromatic rings. The fourth-order valence-corrected chi connectivity index (χ4v) is 3.65. The van der Waals surface area contributed by atoms with Gasteiger partial charge in [0.1, 0.15) is 0 Å². The van der Waals surface area contributed by atoms with Crippen molar-refractivity contribution in [2.24, 2.45) is 0 Å². The van der Waals surface area contributed by atoms with Crippen molar-refractivity contribution in [2.75, 3.05) is 6.61 Å². The van der Waals surface area contributed by atoms with E-state index in [1.807, 2.05) is 29.3 Å². The minimum Gasteiger partial charge on any atom is -0.419 e. The van der Waals surface area contributed by atoms with Crippen molar-refractivity contribution in [1.82, 2.24) is 10.2 Å². The van der Waals surface area contributed by atoms with Gasteiger partial charge in [-0.3, -0.25) is 0 Å². The molecular weight excluding hydrogens is 268 g/mol. The fraction of sp³-hybridized carbons (Fsp3) is 0.500. The maximum atomic E-state index is 5.65. The Kier molecular flexibility index (Phi) is 3.67. The Balaban J connectivity index is 1.60. The van der Waals surface area contributed by atoms with E-state index < -0.39 is 0 Å². The molecule has 2 atom stereocenters. The molecule has 1 saturated heterocycles. The highest BCUT2D eigenvalue weighted by Crippen LogP contribution is 2.30. The van der Waals surface area contributed by atoms with Crippen molar-refractivity contribution in [3.8, 4) is 10.8 Å². The van der Waals surface area contributed by atoms with Crippen LogP contribution in [0.4, 0.5) is 0 Å². The summed E-state index contributed by atoms with van der Waals surface area (Å²) in [6, 6.07) is 3.97. The molecule has 0 radical (unpaired) electrons. The molecule has 0 aliphatic carbocycles. The number of ether oxygens (including phenoxy) is 1. The maximum Gasteiger partial charge on any atom is 0.257 e. The Bertz CT molecular complexity index is 498. The van der Waals surface area contributed by atoms with Crippen LogP contribution in [0.2, 0.25) is 0 Å². The third-order valence-electron chi connectivity index (χ3n) is 2.93. The first kappa shape index (κ1) is 12.2. The number of aromatic nitrogens is 2. The Hall–Kier alpha value is -0.850. The summed E-state index contributed by atoms with van der Waals surface area (Å²) >= 11 is 3.45. The van der Waals surface area contributed by atoms with E-state index in [2.05, 4.69) is 17.1 Å². The predicted molar refractivity (Wildman–Crippen MR) is 72.7 cm³/mol. The van der Waals surface area contributed by atoms with Gasteiger partial charge in [-0.15, -0.1) is 33.3 Å². The van der Waals surface area contributed by atoms with Crippen molar-refractivity contribution < 1.29 is 9.15 Å². The maximum absolute atomic E-state index is 5.65. The average Bonchev–Trinajstić information content (AvgIpc) is 3.08. The van der Waals surface area contributed by atoms with E-state index in [1.54, 1.807) is 11.3 Å². The summed E-state index contributed by atoms with van der Waals surface area (Å²) in [6.45, 7) is 2.98. The lowest BCUT2D eigenvalue weighted by Gasteiger charge is -2.11. The molecule has 0 aromatic carbocycles. The third kappa shape index (κ3) is 2.60. The van der Waals surface area contributed by atoms with Crippen LogP contribution in [0.25, 0.3) is 10.8 Å². The van der Waals surface area contributed by atoms with Crippen LogP contribution in [0.5, 0.6) is 0 Å². The van der Waals surface area contributed by atoms with Gasteiger partial charge in [0, 0.05) is 11.9 Å². The summed E-state index contributed by atoms with van der Waals surface area (Å²) < 4.78 is 11.2. The van der Waals surface area contributed by atoms with Gasteiger partial charge >= 0.3 is 0 Å². The Morgan fingerprint density at radius 2 is 2.44 bits per heavy atom. The number of hydrogen-bond acceptors (Lipinski definition) is 6. The second-order valence-electron chi connectivity index (χ2n) is 4.19. The highest BCUT2D eigenvalue weighted by Gasteiger charge is 2.25. The Morgan fingerprint density at radius 3 is 3.17 bits per heavy atom. The molecule has 6 heteroatoms. The minimum absolute atomic E-state index is 0.328. The van der Waals surface area contributed by atoms with Gasteiger partial charge < -0.3 is 9.15 Å². The second-order valence-corrected chi connectivity index (χ2v) is 6.37. The van der Waals surface area contributed by atoms with Crippen molar-refractivity contribution >= 4 is 23.1 Å². The molecular formula is C12H14N2O2S2. The fourth-order valence-electron chi connectivity index (χ4n) is 1.92. The van der Waals surface area contributed by atoms with Gasteiger partial charge in [0.15, 0.2) is 0 Å². The molecule has 1 aliphatic rings. The molecule has 0 bridgehead atoms. The van der Waals surface area contributed by atoms with Crippen LogP contribution >= 0.6 is 23.1 Å². The van der Waals surface area contributed by atoms with Crippen LogP contribution in [0.3, 0.4) is 0 Å². The smallest absolute Gasteiger partial charge is 0.257 e. The van der Waals surface area contributed by atoms with Crippen LogP contribution in [0.15, 0.2) is 21.9 Å². The minimum atomic E-state index is 0.328. The van der Waals surface area contributed by atoms with Crippen molar-refractivity contribution in [1.29, 1.82) is 0 Å². The molecule has 1 fully saturated rings. The normalized spacial score (nSPS) is 23.6. The Labute approximate surface area is 114 Å². The molecule has 0 saturated carbocycles. The summed E-state index contributed by atoms with van der Waals surface area (Å²) in [7, 11) is 0. The summed E-state index contributed by atoms with van der Waals surface area (Å²) in [5.41, 5.74) is 0. The molecule has 0 N–H and O–H groups in total. The van der Waals surface area contributed by atoms with Gasteiger partial charge in [-0.05, 0) is 24.8 Å². The van der Waals surface area contributed by atoms with E-state index in [-0.39, 0.29) is 0 Å². The summed E-state index contributed by atoms with van der Waals surface area (Å²) in [5, 5.41) is 10.7. The van der Waals surface area contributed by atoms with Crippen LogP contribution in [0, 0.1) is 0 Å². The van der Waals surface area contributed by atoms with Gasteiger partial charge in [0.05, 0.1) is 16.7 Å². The first-order chi connectivity index (χ1) is 8.83. The third-order valence-corrected chi connectivity index (χ3v) is 5.24. The lowest BCUT2D eigenvalue weighted by molar-refractivity contribution is 0.127. The summed E-state index contributed by atoms with van der Waals surface area (Å²) in [6.07, 6.45) is 1.44. The van der Waals surface area contributed by atoms with E-state index in [4.69, 9.17) is 9.15 Å². The Morgan fingerprint density at radius 1 is 1.50 bits per heavy atom. The zero-order valence-corrected chi connectivity index (χ0v) is 11.7. The van der Waals surface area contributed by atoms with E-state index in [1.165, 1.54) is 0 Å². The molecule has 96 valence electrons. The molecule has 0 unspecified atom stereocenters. The van der Waals surface area contributed by atoms with Crippen LogP contribution in [-0.4, -0.2) is 28.2 Å². The number of rotatable bonds is 4. The van der Waals surface area contributed by atoms with Gasteiger partial charge in [-0.1, -0.05) is 6.07 Å². The monoisotopic (exact) mass is 282 g/mol. The van der Waals surface area contributed by atoms with E-state index in [0.29, 0.717) is 23.1 Å². The molecule has 0 amide bonds. The summed E-state index contributed by atoms with van der Waals surface area (Å²) in [5.74, 6) is 2.08. The molecule has 2 aromatic heterocycles. The van der Waals surface area contributed by atoms with Crippen LogP contribution in [-0.2, 0) is 10.5 Å². The molecule has 18 heavy (non-hydrogen) atoms. The van der Waals surface area contributed by atoms with Crippen molar-refractivity contribution in [2.45, 2.75) is 30.5 Å². The standard InChI is InChI=1S/C12H14N2O2S2/c1-8-9(4-5-15-8)18-7-11-13-14-12(16-11)10-3-2-6-17-10/h2-3,6,8-9H,4-5,7H2,1H3/t8-,9-/m1/s1. The topological polar surface area (TPSA) is 48.2 Å². The lowest BCUT2D eigenvalue weighted by atomic mass is 10.3. The zero-order chi connectivity index (χ0) is 12.4. The van der Waals surface area contributed by atoms with E-state index in [9.17, 15) is 0 Å². The molecule has 1 aliphatic heterocycles. The number of thiophene rings is 1. The zero-order valence-electron chi connectivity index (χ0n) is 10.0. The van der Waals surface area contributed by atoms with Gasteiger partial charge in [-0.25, -0.2) is 0 Å². The van der Waals surface area contributed by atoms with Crippen molar-refractivity contribution in [3.63, 3.8) is 0 Å². The number of hydrogen-bond donors (Lipinski definition) is 0. The highest BCUT2D eigenvalue weighted by atomic mass is 32.2. The second kappa shape index (κ2) is 5.42. The highest BCUT2D eigenvalue weighted by molar-refractivity contribution is 7.99. The van der Waals surface area contributed by atoms with Crippen molar-refractivity contribution in [3.05, 3.63) is 23.4 Å². The molecule has 3 heterocycles. The molecule has 3 rings (SSSR count). The average molecular weight is 282 g/mol. The molecule has 4 nitrogen and oxygen atoms in total. The van der Waals surface area contributed by atoms with Gasteiger partial charge in [0.2, 0.25) is 5.89 Å². The number of thioether (sulfide) groups is 1. The number of nitrogens with zero attached hydrogens (tertiary/aromatic N) is 2. The largest absolute Gasteiger partial charge is 0.419 e. The van der Waals surface area contributed by atoms with Crippen LogP contribution < -0.4 is 0 Å². The predicted octanol–water partition coefficient (Wildman–Crippen LogP) is 3.21. The molecule has 0 spiro atoms. The first-order valence-corrected chi connectivity index (χ1v) is 7.85. The quantitative estimate of drug-likeness (QED) is 0.861. The lowest BCUT2D eigenvalue weighted by Crippen LogP contribution is -2.13. The van der Waals surface area contributed by atoms with E-state index in [0.717, 1.165) is 23.7 Å². The summed E-state index contributed by atoms with van der Waals surface area (Å²) in [4.78, 5) is 1.02.